The molecule has 28 heavy (non-hydrogen) atoms. The Morgan fingerprint density at radius 3 is 2.79 bits per heavy atom. The molecule has 0 unspecified atom stereocenters. The van der Waals surface area contributed by atoms with Gasteiger partial charge in [-0.3, -0.25) is 4.79 Å². The van der Waals surface area contributed by atoms with Crippen molar-refractivity contribution < 1.29 is 9.18 Å². The summed E-state index contributed by atoms with van der Waals surface area (Å²) in [6.45, 7) is 0.336. The van der Waals surface area contributed by atoms with Gasteiger partial charge in [0, 0.05) is 30.0 Å². The molecule has 1 aromatic carbocycles. The van der Waals surface area contributed by atoms with E-state index >= 15 is 0 Å². The topological polar surface area (TPSA) is 98.7 Å². The molecule has 0 spiro atoms. The number of rotatable bonds is 5. The first-order valence-corrected chi connectivity index (χ1v) is 10.2. The largest absolute Gasteiger partial charge is 0.382 e. The Bertz CT molecular complexity index is 1080. The number of benzene rings is 1. The fraction of sp³-hybridized carbons (Fsp3) is 0.368. The van der Waals surface area contributed by atoms with Crippen molar-refractivity contribution in [3.8, 4) is 0 Å². The van der Waals surface area contributed by atoms with Gasteiger partial charge in [0.15, 0.2) is 17.0 Å². The number of halogens is 2. The van der Waals surface area contributed by atoms with Gasteiger partial charge >= 0.3 is 6.08 Å². The molecule has 2 heterocycles. The van der Waals surface area contributed by atoms with E-state index in [1.807, 2.05) is 0 Å². The zero-order valence-electron chi connectivity index (χ0n) is 15.4. The maximum Gasteiger partial charge on any atom is 0.312 e. The molecule has 0 atom stereocenters. The highest BCUT2D eigenvalue weighted by Gasteiger charge is 2.20. The summed E-state index contributed by atoms with van der Waals surface area (Å²) in [6, 6.07) is 4.48. The number of nitrogens with one attached hydrogen (secondary N) is 1. The van der Waals surface area contributed by atoms with Crippen molar-refractivity contribution in [2.45, 2.75) is 38.6 Å². The van der Waals surface area contributed by atoms with Gasteiger partial charge in [0.1, 0.15) is 5.82 Å². The molecule has 0 saturated carbocycles. The number of nitrogen functional groups attached to an aromatic ring is 1. The number of hydrogen-bond acceptors (Lipinski definition) is 5. The molecule has 3 N–H and O–H groups in total. The zero-order valence-corrected chi connectivity index (χ0v) is 17.6. The molecule has 1 aliphatic carbocycles. The third kappa shape index (κ3) is 3.54. The first kappa shape index (κ1) is 19.0. The average Bonchev–Trinajstić information content (AvgIpc) is 3.24. The van der Waals surface area contributed by atoms with Crippen LogP contribution in [-0.2, 0) is 30.6 Å². The molecule has 1 aliphatic rings. The number of amides is 1. The Kier molecular flexibility index (Phi) is 5.17. The lowest BCUT2D eigenvalue weighted by molar-refractivity contribution is -0.120. The van der Waals surface area contributed by atoms with Crippen molar-refractivity contribution >= 4 is 45.5 Å². The number of fused-ring (bicyclic) bond motifs is 2. The minimum absolute atomic E-state index is 0.00564. The highest BCUT2D eigenvalue weighted by Crippen LogP contribution is 2.29. The van der Waals surface area contributed by atoms with Crippen LogP contribution < -0.4 is 11.1 Å². The second kappa shape index (κ2) is 7.61. The van der Waals surface area contributed by atoms with Crippen LogP contribution in [-0.4, -0.2) is 32.5 Å². The predicted octanol–water partition coefficient (Wildman–Crippen LogP) is 2.37. The van der Waals surface area contributed by atoms with E-state index in [-0.39, 0.29) is 18.1 Å². The van der Waals surface area contributed by atoms with Gasteiger partial charge < -0.3 is 15.6 Å². The highest BCUT2D eigenvalue weighted by molar-refractivity contribution is 14.1. The lowest BCUT2D eigenvalue weighted by Gasteiger charge is -2.11. The van der Waals surface area contributed by atoms with Gasteiger partial charge in [0.05, 0.1) is 0 Å². The Hall–Kier alpha value is -2.30. The maximum absolute atomic E-state index is 13.8. The van der Waals surface area contributed by atoms with Gasteiger partial charge in [-0.1, -0.05) is 6.07 Å². The number of nitrogens with zero attached hydrogens (tertiary/aromatic N) is 4. The second-order valence-corrected chi connectivity index (χ2v) is 8.06. The van der Waals surface area contributed by atoms with Gasteiger partial charge in [-0.25, -0.2) is 4.98 Å². The molecule has 146 valence electrons. The van der Waals surface area contributed by atoms with E-state index in [0.29, 0.717) is 30.0 Å². The van der Waals surface area contributed by atoms with E-state index in [1.165, 1.54) is 21.1 Å². The Morgan fingerprint density at radius 1 is 1.29 bits per heavy atom. The number of carbonyl (C=O) groups is 1. The minimum Gasteiger partial charge on any atom is -0.382 e. The summed E-state index contributed by atoms with van der Waals surface area (Å²) < 4.78 is 16.7. The molecule has 3 aromatic rings. The van der Waals surface area contributed by atoms with Crippen molar-refractivity contribution in [1.82, 2.24) is 24.8 Å². The van der Waals surface area contributed by atoms with Crippen LogP contribution in [0.25, 0.3) is 11.2 Å². The molecule has 0 aliphatic heterocycles. The number of carbonyl (C=O) groups excluding carboxylic acids is 1. The van der Waals surface area contributed by atoms with Crippen molar-refractivity contribution in [3.05, 3.63) is 44.3 Å². The predicted molar refractivity (Wildman–Crippen MR) is 112 cm³/mol. The van der Waals surface area contributed by atoms with Gasteiger partial charge in [-0.15, -0.1) is 0 Å². The van der Waals surface area contributed by atoms with Crippen LogP contribution in [0.15, 0.2) is 12.1 Å². The summed E-state index contributed by atoms with van der Waals surface area (Å²) in [5.74, 6) is 0.592. The van der Waals surface area contributed by atoms with Crippen molar-refractivity contribution in [2.24, 2.45) is 0 Å². The van der Waals surface area contributed by atoms with Crippen LogP contribution >= 0.6 is 22.6 Å². The van der Waals surface area contributed by atoms with E-state index in [9.17, 15) is 9.18 Å². The van der Waals surface area contributed by atoms with Gasteiger partial charge in [-0.2, -0.15) is 14.4 Å². The van der Waals surface area contributed by atoms with E-state index in [0.717, 1.165) is 18.4 Å². The fourth-order valence-electron chi connectivity index (χ4n) is 3.70. The smallest absolute Gasteiger partial charge is 0.312 e. The van der Waals surface area contributed by atoms with E-state index < -0.39 is 6.08 Å². The summed E-state index contributed by atoms with van der Waals surface area (Å²) in [5, 5.41) is 2.60. The summed E-state index contributed by atoms with van der Waals surface area (Å²) in [7, 11) is 1.59. The van der Waals surface area contributed by atoms with Gasteiger partial charge in [-0.05, 0) is 64.6 Å². The first-order chi connectivity index (χ1) is 13.5. The number of anilines is 1. The molecule has 2 aromatic heterocycles. The molecule has 7 nitrogen and oxygen atoms in total. The fourth-order valence-corrected chi connectivity index (χ4v) is 4.42. The van der Waals surface area contributed by atoms with Gasteiger partial charge in [0.25, 0.3) is 0 Å². The Balaban J connectivity index is 1.77. The monoisotopic (exact) mass is 494 g/mol. The SMILES string of the molecule is CNC(=O)CCn1c(Cc2cc3c(cc2I)CCC3)nc2c(N)nc(F)nc21. The third-order valence-electron chi connectivity index (χ3n) is 5.12. The minimum atomic E-state index is -0.898. The molecule has 0 radical (unpaired) electrons. The summed E-state index contributed by atoms with van der Waals surface area (Å²) in [6.07, 6.45) is 3.30. The maximum atomic E-state index is 13.8. The van der Waals surface area contributed by atoms with Crippen LogP contribution in [0.1, 0.15) is 35.4 Å². The van der Waals surface area contributed by atoms with E-state index in [4.69, 9.17) is 5.73 Å². The van der Waals surface area contributed by atoms with Crippen LogP contribution in [0.5, 0.6) is 0 Å². The summed E-state index contributed by atoms with van der Waals surface area (Å²) in [5.41, 5.74) is 10.5. The van der Waals surface area contributed by atoms with Crippen molar-refractivity contribution in [2.75, 3.05) is 12.8 Å². The summed E-state index contributed by atoms with van der Waals surface area (Å²) >= 11 is 2.35. The number of imidazole rings is 1. The highest BCUT2D eigenvalue weighted by atomic mass is 127. The lowest BCUT2D eigenvalue weighted by Crippen LogP contribution is -2.20. The molecule has 9 heteroatoms. The number of nitrogens with two attached hydrogens (primary N) is 1. The third-order valence-corrected chi connectivity index (χ3v) is 6.13. The molecular formula is C19H20FIN6O. The van der Waals surface area contributed by atoms with Gasteiger partial charge in [0.2, 0.25) is 5.91 Å². The Labute approximate surface area is 175 Å². The number of aryl methyl sites for hydroxylation is 3. The molecule has 1 amide bonds. The quantitative estimate of drug-likeness (QED) is 0.419. The Morgan fingerprint density at radius 2 is 2.04 bits per heavy atom. The number of aromatic nitrogens is 4. The second-order valence-electron chi connectivity index (χ2n) is 6.90. The first-order valence-electron chi connectivity index (χ1n) is 9.15. The van der Waals surface area contributed by atoms with Crippen LogP contribution in [0.3, 0.4) is 0 Å². The molecule has 0 saturated heterocycles. The zero-order chi connectivity index (χ0) is 19.8. The van der Waals surface area contributed by atoms with Crippen LogP contribution in [0.4, 0.5) is 10.2 Å². The molecule has 4 rings (SSSR count). The van der Waals surface area contributed by atoms with Crippen molar-refractivity contribution in [3.63, 3.8) is 0 Å². The van der Waals surface area contributed by atoms with E-state index in [2.05, 4.69) is 55.0 Å². The normalized spacial score (nSPS) is 13.1. The number of hydrogen-bond donors (Lipinski definition) is 2. The summed E-state index contributed by atoms with van der Waals surface area (Å²) in [4.78, 5) is 23.8. The lowest BCUT2D eigenvalue weighted by atomic mass is 10.0. The van der Waals surface area contributed by atoms with Crippen LogP contribution in [0, 0.1) is 9.65 Å². The van der Waals surface area contributed by atoms with E-state index in [1.54, 1.807) is 11.6 Å². The standard InChI is InChI=1S/C19H20FIN6O/c1-23-15(28)5-6-27-14(24-16-17(22)25-19(20)26-18(16)27)9-12-7-10-3-2-4-11(10)8-13(12)21/h7-8H,2-6,9H2,1H3,(H,23,28)(H2,22,25,26). The molecular weight excluding hydrogens is 474 g/mol. The molecule has 0 fully saturated rings. The molecule has 0 bridgehead atoms. The average molecular weight is 494 g/mol. The van der Waals surface area contributed by atoms with Crippen molar-refractivity contribution in [1.29, 1.82) is 0 Å². The van der Waals surface area contributed by atoms with Crippen LogP contribution in [0.2, 0.25) is 0 Å².